The zero-order valence-electron chi connectivity index (χ0n) is 12.0. The fourth-order valence-corrected chi connectivity index (χ4v) is 2.96. The number of rotatable bonds is 5. The third-order valence-electron chi connectivity index (χ3n) is 4.29. The summed E-state index contributed by atoms with van der Waals surface area (Å²) in [7, 11) is 2.05. The zero-order valence-corrected chi connectivity index (χ0v) is 12.0. The van der Waals surface area contributed by atoms with Gasteiger partial charge in [-0.1, -0.05) is 31.4 Å². The standard InChI is InChI=1S/C16H23F2NO/c1-19(12-6-3-2-4-7-12)11-10-15(20)13-8-5-9-14(17)16(13)18/h5,8-9,12,15,20H,2-4,6-7,10-11H2,1H3. The van der Waals surface area contributed by atoms with E-state index >= 15 is 0 Å². The Kier molecular flexibility index (Phi) is 5.49. The molecule has 0 amide bonds. The summed E-state index contributed by atoms with van der Waals surface area (Å²) in [6.07, 6.45) is 5.69. The van der Waals surface area contributed by atoms with E-state index in [0.29, 0.717) is 19.0 Å². The molecule has 1 aliphatic carbocycles. The second kappa shape index (κ2) is 7.14. The van der Waals surface area contributed by atoms with Crippen molar-refractivity contribution in [2.75, 3.05) is 13.6 Å². The zero-order chi connectivity index (χ0) is 14.5. The van der Waals surface area contributed by atoms with Crippen molar-refractivity contribution in [1.82, 2.24) is 4.90 Å². The monoisotopic (exact) mass is 283 g/mol. The second-order valence-corrected chi connectivity index (χ2v) is 5.72. The van der Waals surface area contributed by atoms with Crippen LogP contribution in [0.3, 0.4) is 0 Å². The Hall–Kier alpha value is -1.00. The van der Waals surface area contributed by atoms with Crippen molar-refractivity contribution in [2.24, 2.45) is 0 Å². The van der Waals surface area contributed by atoms with Gasteiger partial charge >= 0.3 is 0 Å². The number of benzene rings is 1. The number of hydrogen-bond acceptors (Lipinski definition) is 2. The predicted octanol–water partition coefficient (Wildman–Crippen LogP) is 3.65. The highest BCUT2D eigenvalue weighted by atomic mass is 19.2. The van der Waals surface area contributed by atoms with Gasteiger partial charge in [0.25, 0.3) is 0 Å². The molecule has 1 atom stereocenters. The molecular formula is C16H23F2NO. The number of aliphatic hydroxyl groups is 1. The topological polar surface area (TPSA) is 23.5 Å². The molecule has 1 aromatic carbocycles. The smallest absolute Gasteiger partial charge is 0.164 e. The summed E-state index contributed by atoms with van der Waals surface area (Å²) in [5.74, 6) is -1.83. The Bertz CT molecular complexity index is 432. The third kappa shape index (κ3) is 3.76. The maximum Gasteiger partial charge on any atom is 0.164 e. The molecule has 0 aliphatic heterocycles. The van der Waals surface area contributed by atoms with E-state index in [1.807, 2.05) is 7.05 Å². The molecule has 1 N–H and O–H groups in total. The van der Waals surface area contributed by atoms with Crippen LogP contribution < -0.4 is 0 Å². The van der Waals surface area contributed by atoms with Gasteiger partial charge in [-0.15, -0.1) is 0 Å². The molecule has 1 fully saturated rings. The highest BCUT2D eigenvalue weighted by molar-refractivity contribution is 5.21. The van der Waals surface area contributed by atoms with Crippen LogP contribution in [-0.2, 0) is 0 Å². The number of nitrogens with zero attached hydrogens (tertiary/aromatic N) is 1. The average molecular weight is 283 g/mol. The van der Waals surface area contributed by atoms with E-state index < -0.39 is 17.7 Å². The first-order chi connectivity index (χ1) is 9.59. The van der Waals surface area contributed by atoms with Gasteiger partial charge in [0, 0.05) is 18.2 Å². The molecular weight excluding hydrogens is 260 g/mol. The summed E-state index contributed by atoms with van der Waals surface area (Å²) in [6.45, 7) is 0.696. The maximum absolute atomic E-state index is 13.6. The Morgan fingerprint density at radius 2 is 1.95 bits per heavy atom. The van der Waals surface area contributed by atoms with Gasteiger partial charge in [-0.25, -0.2) is 8.78 Å². The summed E-state index contributed by atoms with van der Waals surface area (Å²) in [5, 5.41) is 10.0. The van der Waals surface area contributed by atoms with Crippen LogP contribution in [0.4, 0.5) is 8.78 Å². The van der Waals surface area contributed by atoms with Crippen LogP contribution in [0.2, 0.25) is 0 Å². The molecule has 112 valence electrons. The minimum Gasteiger partial charge on any atom is -0.388 e. The summed E-state index contributed by atoms with van der Waals surface area (Å²) >= 11 is 0. The highest BCUT2D eigenvalue weighted by Gasteiger charge is 2.20. The van der Waals surface area contributed by atoms with Crippen LogP contribution in [0.15, 0.2) is 18.2 Å². The molecule has 1 aliphatic rings. The van der Waals surface area contributed by atoms with Crippen molar-refractivity contribution < 1.29 is 13.9 Å². The van der Waals surface area contributed by atoms with E-state index in [-0.39, 0.29) is 5.56 Å². The van der Waals surface area contributed by atoms with Crippen molar-refractivity contribution in [3.8, 4) is 0 Å². The number of hydrogen-bond donors (Lipinski definition) is 1. The summed E-state index contributed by atoms with van der Waals surface area (Å²) in [4.78, 5) is 2.24. The fourth-order valence-electron chi connectivity index (χ4n) is 2.96. The SMILES string of the molecule is CN(CCC(O)c1cccc(F)c1F)C1CCCCC1. The van der Waals surface area contributed by atoms with Crippen molar-refractivity contribution in [3.63, 3.8) is 0 Å². The van der Waals surface area contributed by atoms with E-state index in [0.717, 1.165) is 6.07 Å². The molecule has 0 radical (unpaired) electrons. The first-order valence-electron chi connectivity index (χ1n) is 7.42. The summed E-state index contributed by atoms with van der Waals surface area (Å²) in [5.41, 5.74) is 0.0574. The quantitative estimate of drug-likeness (QED) is 0.891. The Morgan fingerprint density at radius 3 is 2.65 bits per heavy atom. The van der Waals surface area contributed by atoms with Crippen LogP contribution in [0.1, 0.15) is 50.2 Å². The van der Waals surface area contributed by atoms with Crippen LogP contribution in [0.25, 0.3) is 0 Å². The van der Waals surface area contributed by atoms with Gasteiger partial charge < -0.3 is 10.0 Å². The van der Waals surface area contributed by atoms with Crippen LogP contribution >= 0.6 is 0 Å². The molecule has 2 rings (SSSR count). The lowest BCUT2D eigenvalue weighted by atomic mass is 9.94. The Morgan fingerprint density at radius 1 is 1.25 bits per heavy atom. The Balaban J connectivity index is 1.88. The van der Waals surface area contributed by atoms with Crippen LogP contribution in [-0.4, -0.2) is 29.6 Å². The third-order valence-corrected chi connectivity index (χ3v) is 4.29. The Labute approximate surface area is 119 Å². The van der Waals surface area contributed by atoms with Gasteiger partial charge in [-0.05, 0) is 32.4 Å². The van der Waals surface area contributed by atoms with E-state index in [9.17, 15) is 13.9 Å². The molecule has 0 bridgehead atoms. The van der Waals surface area contributed by atoms with Crippen LogP contribution in [0.5, 0.6) is 0 Å². The molecule has 1 unspecified atom stereocenters. The van der Waals surface area contributed by atoms with Crippen molar-refractivity contribution in [3.05, 3.63) is 35.4 Å². The highest BCUT2D eigenvalue weighted by Crippen LogP contribution is 2.25. The van der Waals surface area contributed by atoms with Gasteiger partial charge in [0.15, 0.2) is 11.6 Å². The lowest BCUT2D eigenvalue weighted by molar-refractivity contribution is 0.122. The van der Waals surface area contributed by atoms with Gasteiger partial charge in [0.1, 0.15) is 0 Å². The lowest BCUT2D eigenvalue weighted by Crippen LogP contribution is -2.34. The molecule has 1 saturated carbocycles. The predicted molar refractivity (Wildman–Crippen MR) is 75.4 cm³/mol. The molecule has 0 spiro atoms. The molecule has 1 aromatic rings. The summed E-state index contributed by atoms with van der Waals surface area (Å²) < 4.78 is 26.7. The van der Waals surface area contributed by atoms with Gasteiger partial charge in [0.05, 0.1) is 6.10 Å². The first kappa shape index (κ1) is 15.4. The van der Waals surface area contributed by atoms with Gasteiger partial charge in [-0.3, -0.25) is 0 Å². The van der Waals surface area contributed by atoms with E-state index in [1.54, 1.807) is 0 Å². The average Bonchev–Trinajstić information content (AvgIpc) is 2.48. The number of halogens is 2. The lowest BCUT2D eigenvalue weighted by Gasteiger charge is -2.31. The van der Waals surface area contributed by atoms with Crippen molar-refractivity contribution in [2.45, 2.75) is 50.7 Å². The van der Waals surface area contributed by atoms with E-state index in [1.165, 1.54) is 44.2 Å². The fraction of sp³-hybridized carbons (Fsp3) is 0.625. The van der Waals surface area contributed by atoms with E-state index in [4.69, 9.17) is 0 Å². The normalized spacial score (nSPS) is 18.4. The van der Waals surface area contributed by atoms with E-state index in [2.05, 4.69) is 4.90 Å². The molecule has 0 saturated heterocycles. The maximum atomic E-state index is 13.6. The molecule has 0 heterocycles. The van der Waals surface area contributed by atoms with Crippen molar-refractivity contribution in [1.29, 1.82) is 0 Å². The minimum atomic E-state index is -0.947. The molecule has 20 heavy (non-hydrogen) atoms. The van der Waals surface area contributed by atoms with Gasteiger partial charge in [-0.2, -0.15) is 0 Å². The summed E-state index contributed by atoms with van der Waals surface area (Å²) in [6, 6.07) is 4.51. The second-order valence-electron chi connectivity index (χ2n) is 5.72. The van der Waals surface area contributed by atoms with Gasteiger partial charge in [0.2, 0.25) is 0 Å². The largest absolute Gasteiger partial charge is 0.388 e. The molecule has 2 nitrogen and oxygen atoms in total. The molecule has 4 heteroatoms. The minimum absolute atomic E-state index is 0.0574. The first-order valence-corrected chi connectivity index (χ1v) is 7.42. The van der Waals surface area contributed by atoms with Crippen LogP contribution in [0, 0.1) is 11.6 Å². The molecule has 0 aromatic heterocycles. The van der Waals surface area contributed by atoms with Crippen molar-refractivity contribution >= 4 is 0 Å². The number of aliphatic hydroxyl groups excluding tert-OH is 1.